The lowest BCUT2D eigenvalue weighted by Gasteiger charge is -2.66. The molecule has 12 atom stereocenters. The largest absolute Gasteiger partial charge is 0.458 e. The van der Waals surface area contributed by atoms with Crippen molar-refractivity contribution in [3.63, 3.8) is 0 Å². The number of aliphatic hydroxyl groups is 4. The lowest BCUT2D eigenvalue weighted by atomic mass is 9.41. The second kappa shape index (κ2) is 11.5. The van der Waals surface area contributed by atoms with E-state index in [4.69, 9.17) is 19.2 Å². The Bertz CT molecular complexity index is 1330. The van der Waals surface area contributed by atoms with Gasteiger partial charge in [-0.25, -0.2) is 4.79 Å². The van der Waals surface area contributed by atoms with Crippen LogP contribution in [-0.2, 0) is 25.5 Å². The van der Waals surface area contributed by atoms with Crippen molar-refractivity contribution in [2.75, 3.05) is 6.61 Å². The van der Waals surface area contributed by atoms with Crippen LogP contribution in [0.15, 0.2) is 41.2 Å². The minimum atomic E-state index is -1.09. The number of ether oxygens (including phenoxy) is 3. The monoisotopic (exact) mass is 624 g/mol. The molecule has 0 aromatic carbocycles. The first-order valence-electron chi connectivity index (χ1n) is 16.9. The zero-order valence-electron chi connectivity index (χ0n) is 26.4. The summed E-state index contributed by atoms with van der Waals surface area (Å²) in [6.07, 6.45) is 10.2. The van der Waals surface area contributed by atoms with Crippen molar-refractivity contribution < 1.29 is 39.4 Å². The quantitative estimate of drug-likeness (QED) is 0.212. The topological polar surface area (TPSA) is 151 Å². The SMILES string of the molecule is CC1OC(O[C@H]2CC[C@]3(C=NCc4cccnc4)[C@H]4CC[C@]5(C)[C@@H](C6=CC(=O)OC6)CC[C@]5(O)[C@@H]4CC[C@]3(O)C2)CC(O)C1O. The van der Waals surface area contributed by atoms with E-state index in [2.05, 4.69) is 11.9 Å². The molecule has 1 saturated heterocycles. The van der Waals surface area contributed by atoms with E-state index in [1.165, 1.54) is 0 Å². The Hall–Kier alpha value is -2.21. The van der Waals surface area contributed by atoms with Gasteiger partial charge < -0.3 is 34.6 Å². The highest BCUT2D eigenvalue weighted by atomic mass is 16.7. The number of carbonyl (C=O) groups is 1. The Morgan fingerprint density at radius 3 is 2.67 bits per heavy atom. The summed E-state index contributed by atoms with van der Waals surface area (Å²) in [6.45, 7) is 4.71. The second-order valence-corrected chi connectivity index (χ2v) is 15.0. The highest BCUT2D eigenvalue weighted by Crippen LogP contribution is 2.70. The summed E-state index contributed by atoms with van der Waals surface area (Å²) in [7, 11) is 0. The van der Waals surface area contributed by atoms with E-state index in [0.717, 1.165) is 30.4 Å². The molecular formula is C35H48N2O8. The molecule has 4 unspecified atom stereocenters. The molecule has 1 aromatic rings. The zero-order chi connectivity index (χ0) is 31.6. The maximum absolute atomic E-state index is 12.7. The van der Waals surface area contributed by atoms with Crippen LogP contribution in [0, 0.1) is 28.6 Å². The summed E-state index contributed by atoms with van der Waals surface area (Å²) >= 11 is 0. The number of esters is 1. The summed E-state index contributed by atoms with van der Waals surface area (Å²) in [5.41, 5.74) is -1.03. The van der Waals surface area contributed by atoms with Gasteiger partial charge in [0.15, 0.2) is 6.29 Å². The standard InChI is InChI=1S/C35H48N2O8/c1-21-31(40)28(38)15-30(44-21)45-24-5-10-33(20-37-18-22-4-3-13-36-17-22)26-6-9-32(2)25(23-14-29(39)43-19-23)8-12-35(32,42)27(26)7-11-34(33,41)16-24/h3-4,13-14,17,20-21,24-28,30-31,38,40-42H,5-12,15-16,18-19H2,1-2H3/t21?,24-,25+,26-,27+,28?,30?,31?,32+,33-,34-,35-/m0/s1. The molecule has 4 N–H and O–H groups in total. The minimum Gasteiger partial charge on any atom is -0.458 e. The van der Waals surface area contributed by atoms with Gasteiger partial charge in [-0.15, -0.1) is 0 Å². The molecule has 5 fully saturated rings. The maximum atomic E-state index is 12.7. The zero-order valence-corrected chi connectivity index (χ0v) is 26.4. The summed E-state index contributed by atoms with van der Waals surface area (Å²) in [4.78, 5) is 21.2. The third kappa shape index (κ3) is 5.02. The molecule has 45 heavy (non-hydrogen) atoms. The van der Waals surface area contributed by atoms with Gasteiger partial charge in [0.05, 0.1) is 36.1 Å². The van der Waals surface area contributed by atoms with Crippen molar-refractivity contribution in [1.29, 1.82) is 0 Å². The van der Waals surface area contributed by atoms with Crippen LogP contribution in [0.4, 0.5) is 0 Å². The Kier molecular flexibility index (Phi) is 8.02. The molecular weight excluding hydrogens is 576 g/mol. The van der Waals surface area contributed by atoms with E-state index >= 15 is 0 Å². The molecule has 6 aliphatic rings. The van der Waals surface area contributed by atoms with Crippen LogP contribution in [0.1, 0.15) is 83.6 Å². The third-order valence-electron chi connectivity index (χ3n) is 13.0. The number of rotatable bonds is 6. The molecule has 2 aliphatic heterocycles. The minimum absolute atomic E-state index is 0.0124. The third-order valence-corrected chi connectivity index (χ3v) is 13.0. The van der Waals surface area contributed by atoms with Crippen LogP contribution in [0.3, 0.4) is 0 Å². The predicted octanol–water partition coefficient (Wildman–Crippen LogP) is 3.25. The predicted molar refractivity (Wildman–Crippen MR) is 164 cm³/mol. The van der Waals surface area contributed by atoms with E-state index in [1.54, 1.807) is 19.2 Å². The lowest BCUT2D eigenvalue weighted by molar-refractivity contribution is -0.282. The number of aliphatic hydroxyl groups excluding tert-OH is 2. The average Bonchev–Trinajstić information content (AvgIpc) is 3.56. The molecule has 0 spiro atoms. The van der Waals surface area contributed by atoms with E-state index < -0.39 is 41.2 Å². The van der Waals surface area contributed by atoms with Gasteiger partial charge in [0.2, 0.25) is 0 Å². The van der Waals surface area contributed by atoms with Crippen LogP contribution >= 0.6 is 0 Å². The Labute approximate surface area is 264 Å². The number of cyclic esters (lactones) is 1. The van der Waals surface area contributed by atoms with E-state index in [1.807, 2.05) is 24.5 Å². The normalized spacial score (nSPS) is 48.0. The summed E-state index contributed by atoms with van der Waals surface area (Å²) in [6, 6.07) is 3.90. The molecule has 4 saturated carbocycles. The van der Waals surface area contributed by atoms with Crippen molar-refractivity contribution >= 4 is 12.2 Å². The average molecular weight is 625 g/mol. The summed E-state index contributed by atoms with van der Waals surface area (Å²) < 4.78 is 17.5. The molecule has 4 aliphatic carbocycles. The first-order valence-corrected chi connectivity index (χ1v) is 16.9. The molecule has 0 radical (unpaired) electrons. The van der Waals surface area contributed by atoms with Gasteiger partial charge in [-0.2, -0.15) is 0 Å². The van der Waals surface area contributed by atoms with Gasteiger partial charge in [-0.1, -0.05) is 13.0 Å². The van der Waals surface area contributed by atoms with Gasteiger partial charge in [-0.3, -0.25) is 9.98 Å². The van der Waals surface area contributed by atoms with Gasteiger partial charge in [-0.05, 0) is 93.2 Å². The van der Waals surface area contributed by atoms with Gasteiger partial charge in [0.25, 0.3) is 0 Å². The molecule has 3 heterocycles. The van der Waals surface area contributed by atoms with Crippen LogP contribution in [0.25, 0.3) is 0 Å². The highest BCUT2D eigenvalue weighted by molar-refractivity contribution is 5.85. The number of hydrogen-bond donors (Lipinski definition) is 4. The molecule has 0 amide bonds. The maximum Gasteiger partial charge on any atom is 0.331 e. The first kappa shape index (κ1) is 31.4. The molecule has 0 bridgehead atoms. The summed E-state index contributed by atoms with van der Waals surface area (Å²) in [5.74, 6) is -0.171. The summed E-state index contributed by atoms with van der Waals surface area (Å²) in [5, 5.41) is 45.9. The molecule has 10 nitrogen and oxygen atoms in total. The van der Waals surface area contributed by atoms with E-state index in [9.17, 15) is 25.2 Å². The number of fused-ring (bicyclic) bond motifs is 5. The molecule has 246 valence electrons. The lowest BCUT2D eigenvalue weighted by Crippen LogP contribution is -2.69. The number of aliphatic imine (C=N–C) groups is 1. The fourth-order valence-corrected chi connectivity index (χ4v) is 10.6. The highest BCUT2D eigenvalue weighted by Gasteiger charge is 2.71. The fraction of sp³-hybridized carbons (Fsp3) is 0.743. The smallest absolute Gasteiger partial charge is 0.331 e. The van der Waals surface area contributed by atoms with Gasteiger partial charge in [0.1, 0.15) is 12.7 Å². The first-order chi connectivity index (χ1) is 21.5. The van der Waals surface area contributed by atoms with Crippen LogP contribution in [0.2, 0.25) is 0 Å². The Balaban J connectivity index is 1.17. The van der Waals surface area contributed by atoms with Gasteiger partial charge >= 0.3 is 5.97 Å². The number of hydrogen-bond acceptors (Lipinski definition) is 10. The van der Waals surface area contributed by atoms with E-state index in [0.29, 0.717) is 51.7 Å². The Morgan fingerprint density at radius 1 is 1.11 bits per heavy atom. The Morgan fingerprint density at radius 2 is 1.93 bits per heavy atom. The number of pyridine rings is 1. The number of carbonyl (C=O) groups excluding carboxylic acids is 1. The van der Waals surface area contributed by atoms with Crippen molar-refractivity contribution in [2.24, 2.45) is 33.6 Å². The van der Waals surface area contributed by atoms with Crippen LogP contribution in [-0.4, -0.2) is 86.1 Å². The molecule has 10 heteroatoms. The van der Waals surface area contributed by atoms with Crippen molar-refractivity contribution in [1.82, 2.24) is 4.98 Å². The van der Waals surface area contributed by atoms with Crippen molar-refractivity contribution in [2.45, 2.75) is 127 Å². The second-order valence-electron chi connectivity index (χ2n) is 15.0. The fourth-order valence-electron chi connectivity index (χ4n) is 10.6. The van der Waals surface area contributed by atoms with E-state index in [-0.39, 0.29) is 41.7 Å². The van der Waals surface area contributed by atoms with Crippen molar-refractivity contribution in [3.05, 3.63) is 41.7 Å². The van der Waals surface area contributed by atoms with Gasteiger partial charge in [0, 0.05) is 48.4 Å². The van der Waals surface area contributed by atoms with Crippen LogP contribution in [0.5, 0.6) is 0 Å². The number of nitrogens with zero attached hydrogens (tertiary/aromatic N) is 2. The molecule has 1 aromatic heterocycles. The molecule has 7 rings (SSSR count). The van der Waals surface area contributed by atoms with Crippen molar-refractivity contribution in [3.8, 4) is 0 Å². The van der Waals surface area contributed by atoms with Crippen LogP contribution < -0.4 is 0 Å². The number of aromatic nitrogens is 1.